The molecule has 0 bridgehead atoms. The van der Waals surface area contributed by atoms with Crippen LogP contribution in [0.2, 0.25) is 5.02 Å². The molecule has 2 amide bonds. The highest BCUT2D eigenvalue weighted by molar-refractivity contribution is 6.30. The van der Waals surface area contributed by atoms with E-state index in [9.17, 15) is 14.4 Å². The third-order valence-corrected chi connectivity index (χ3v) is 4.57. The number of anilines is 2. The third kappa shape index (κ3) is 5.36. The number of benzene rings is 2. The van der Waals surface area contributed by atoms with Crippen molar-refractivity contribution in [3.63, 3.8) is 0 Å². The number of hydrogen-bond donors (Lipinski definition) is 2. The second kappa shape index (κ2) is 9.25. The fourth-order valence-electron chi connectivity index (χ4n) is 2.86. The standard InChI is InChI=1S/C21H20ClN3O4/c1-29-21(28)11-16-10-20(27)25(18-5-3-2-4-17(18)24-16)13-19(26)23-12-14-6-8-15(22)9-7-14/h2-10,24H,11-13H2,1H3,(H,23,26). The number of halogens is 1. The number of rotatable bonds is 6. The van der Waals surface area contributed by atoms with Gasteiger partial charge in [-0.2, -0.15) is 0 Å². The van der Waals surface area contributed by atoms with Gasteiger partial charge in [-0.3, -0.25) is 19.3 Å². The van der Waals surface area contributed by atoms with Gasteiger partial charge in [0.25, 0.3) is 5.91 Å². The van der Waals surface area contributed by atoms with Gasteiger partial charge in [0.2, 0.25) is 5.91 Å². The second-order valence-corrected chi connectivity index (χ2v) is 6.83. The molecule has 2 N–H and O–H groups in total. The molecule has 0 aliphatic carbocycles. The molecule has 150 valence electrons. The Labute approximate surface area is 173 Å². The van der Waals surface area contributed by atoms with Crippen molar-refractivity contribution < 1.29 is 19.1 Å². The van der Waals surface area contributed by atoms with Gasteiger partial charge in [0.05, 0.1) is 24.9 Å². The van der Waals surface area contributed by atoms with Crippen molar-refractivity contribution in [1.29, 1.82) is 0 Å². The predicted octanol–water partition coefficient (Wildman–Crippen LogP) is 2.86. The Morgan fingerprint density at radius 2 is 1.86 bits per heavy atom. The molecule has 2 aromatic rings. The lowest BCUT2D eigenvalue weighted by Crippen LogP contribution is -2.39. The summed E-state index contributed by atoms with van der Waals surface area (Å²) in [5.74, 6) is -1.18. The van der Waals surface area contributed by atoms with Crippen LogP contribution in [0.1, 0.15) is 12.0 Å². The van der Waals surface area contributed by atoms with E-state index in [1.54, 1.807) is 36.4 Å². The van der Waals surface area contributed by atoms with Crippen LogP contribution in [0, 0.1) is 0 Å². The summed E-state index contributed by atoms with van der Waals surface area (Å²) in [5.41, 5.74) is 2.47. The van der Waals surface area contributed by atoms with Gasteiger partial charge in [-0.25, -0.2) is 0 Å². The van der Waals surface area contributed by atoms with Gasteiger partial charge in [0.15, 0.2) is 0 Å². The number of para-hydroxylation sites is 2. The minimum atomic E-state index is -0.469. The van der Waals surface area contributed by atoms with Crippen molar-refractivity contribution in [2.45, 2.75) is 13.0 Å². The van der Waals surface area contributed by atoms with Crippen LogP contribution in [0.3, 0.4) is 0 Å². The summed E-state index contributed by atoms with van der Waals surface area (Å²) in [5, 5.41) is 6.49. The summed E-state index contributed by atoms with van der Waals surface area (Å²) in [6.45, 7) is 0.161. The first-order chi connectivity index (χ1) is 14.0. The average Bonchev–Trinajstić information content (AvgIpc) is 2.84. The molecule has 2 aromatic carbocycles. The van der Waals surface area contributed by atoms with Crippen LogP contribution in [-0.2, 0) is 25.7 Å². The van der Waals surface area contributed by atoms with Crippen LogP contribution in [0.4, 0.5) is 11.4 Å². The minimum absolute atomic E-state index is 0.0762. The SMILES string of the molecule is COC(=O)CC1=CC(=O)N(CC(=O)NCc2ccc(Cl)cc2)c2ccccc2N1. The number of hydrogen-bond acceptors (Lipinski definition) is 5. The molecule has 1 heterocycles. The van der Waals surface area contributed by atoms with Gasteiger partial charge < -0.3 is 15.4 Å². The van der Waals surface area contributed by atoms with Gasteiger partial charge in [0, 0.05) is 23.3 Å². The number of nitrogens with zero attached hydrogens (tertiary/aromatic N) is 1. The Kier molecular flexibility index (Phi) is 6.51. The maximum atomic E-state index is 12.8. The van der Waals surface area contributed by atoms with E-state index in [-0.39, 0.29) is 18.9 Å². The number of ether oxygens (including phenoxy) is 1. The Bertz CT molecular complexity index is 957. The van der Waals surface area contributed by atoms with E-state index in [0.29, 0.717) is 28.6 Å². The predicted molar refractivity (Wildman–Crippen MR) is 110 cm³/mol. The molecule has 0 spiro atoms. The first-order valence-electron chi connectivity index (χ1n) is 8.92. The van der Waals surface area contributed by atoms with E-state index in [2.05, 4.69) is 15.4 Å². The fraction of sp³-hybridized carbons (Fsp3) is 0.190. The zero-order valence-corrected chi connectivity index (χ0v) is 16.5. The molecule has 0 atom stereocenters. The topological polar surface area (TPSA) is 87.7 Å². The van der Waals surface area contributed by atoms with E-state index < -0.39 is 11.9 Å². The molecule has 29 heavy (non-hydrogen) atoms. The van der Waals surface area contributed by atoms with Gasteiger partial charge in [-0.05, 0) is 29.8 Å². The molecule has 7 nitrogen and oxygen atoms in total. The van der Waals surface area contributed by atoms with E-state index in [4.69, 9.17) is 11.6 Å². The molecule has 1 aliphatic heterocycles. The Hall–Kier alpha value is -3.32. The summed E-state index contributed by atoms with van der Waals surface area (Å²) in [6, 6.07) is 14.2. The normalized spacial score (nSPS) is 13.0. The van der Waals surface area contributed by atoms with Crippen LogP contribution >= 0.6 is 11.6 Å². The van der Waals surface area contributed by atoms with E-state index in [0.717, 1.165) is 5.56 Å². The summed E-state index contributed by atoms with van der Waals surface area (Å²) in [6.07, 6.45) is 1.23. The number of nitrogens with one attached hydrogen (secondary N) is 2. The van der Waals surface area contributed by atoms with Gasteiger partial charge in [0.1, 0.15) is 6.54 Å². The van der Waals surface area contributed by atoms with E-state index in [1.807, 2.05) is 12.1 Å². The highest BCUT2D eigenvalue weighted by atomic mass is 35.5. The van der Waals surface area contributed by atoms with Gasteiger partial charge in [-0.15, -0.1) is 0 Å². The molecule has 0 saturated carbocycles. The molecule has 0 aromatic heterocycles. The number of carbonyl (C=O) groups is 3. The van der Waals surface area contributed by atoms with E-state index in [1.165, 1.54) is 18.1 Å². The van der Waals surface area contributed by atoms with Crippen LogP contribution < -0.4 is 15.5 Å². The van der Waals surface area contributed by atoms with Crippen LogP contribution in [0.5, 0.6) is 0 Å². The van der Waals surface area contributed by atoms with Crippen molar-refractivity contribution in [2.75, 3.05) is 23.9 Å². The van der Waals surface area contributed by atoms with Crippen molar-refractivity contribution >= 4 is 40.8 Å². The smallest absolute Gasteiger partial charge is 0.311 e. The summed E-state index contributed by atoms with van der Waals surface area (Å²) >= 11 is 5.86. The number of fused-ring (bicyclic) bond motifs is 1. The van der Waals surface area contributed by atoms with Crippen LogP contribution in [-0.4, -0.2) is 31.4 Å². The Balaban J connectivity index is 1.74. The Morgan fingerprint density at radius 3 is 2.59 bits per heavy atom. The number of esters is 1. The highest BCUT2D eigenvalue weighted by Gasteiger charge is 2.24. The zero-order chi connectivity index (χ0) is 20.8. The molecule has 0 radical (unpaired) electrons. The van der Waals surface area contributed by atoms with E-state index >= 15 is 0 Å². The summed E-state index contributed by atoms with van der Waals surface area (Å²) < 4.78 is 4.67. The lowest BCUT2D eigenvalue weighted by Gasteiger charge is -2.21. The second-order valence-electron chi connectivity index (χ2n) is 6.39. The minimum Gasteiger partial charge on any atom is -0.469 e. The third-order valence-electron chi connectivity index (χ3n) is 4.32. The summed E-state index contributed by atoms with van der Waals surface area (Å²) in [7, 11) is 1.28. The molecule has 0 unspecified atom stereocenters. The molecule has 3 rings (SSSR count). The molecular weight excluding hydrogens is 394 g/mol. The molecular formula is C21H20ClN3O4. The quantitative estimate of drug-likeness (QED) is 0.711. The maximum absolute atomic E-state index is 12.8. The van der Waals surface area contributed by atoms with Gasteiger partial charge in [-0.1, -0.05) is 35.9 Å². The van der Waals surface area contributed by atoms with Crippen molar-refractivity contribution in [3.8, 4) is 0 Å². The molecule has 0 fully saturated rings. The van der Waals surface area contributed by atoms with Crippen LogP contribution in [0.25, 0.3) is 0 Å². The number of carbonyl (C=O) groups excluding carboxylic acids is 3. The highest BCUT2D eigenvalue weighted by Crippen LogP contribution is 2.30. The lowest BCUT2D eigenvalue weighted by molar-refractivity contribution is -0.139. The molecule has 8 heteroatoms. The summed E-state index contributed by atoms with van der Waals surface area (Å²) in [4.78, 5) is 38.2. The van der Waals surface area contributed by atoms with Crippen LogP contribution in [0.15, 0.2) is 60.3 Å². The zero-order valence-electron chi connectivity index (χ0n) is 15.8. The van der Waals surface area contributed by atoms with Crippen molar-refractivity contribution in [3.05, 3.63) is 70.9 Å². The lowest BCUT2D eigenvalue weighted by atomic mass is 10.2. The van der Waals surface area contributed by atoms with Crippen molar-refractivity contribution in [2.24, 2.45) is 0 Å². The first-order valence-corrected chi connectivity index (χ1v) is 9.30. The number of amides is 2. The average molecular weight is 414 g/mol. The van der Waals surface area contributed by atoms with Crippen molar-refractivity contribution in [1.82, 2.24) is 5.32 Å². The fourth-order valence-corrected chi connectivity index (χ4v) is 2.98. The Morgan fingerprint density at radius 1 is 1.14 bits per heavy atom. The molecule has 1 aliphatic rings. The first kappa shape index (κ1) is 20.4. The molecule has 0 saturated heterocycles. The van der Waals surface area contributed by atoms with Gasteiger partial charge >= 0.3 is 5.97 Å². The number of methoxy groups -OCH3 is 1. The maximum Gasteiger partial charge on any atom is 0.311 e. The monoisotopic (exact) mass is 413 g/mol. The largest absolute Gasteiger partial charge is 0.469 e.